The van der Waals surface area contributed by atoms with Crippen LogP contribution in [0.5, 0.6) is 0 Å². The molecule has 1 fully saturated rings. The fourth-order valence-electron chi connectivity index (χ4n) is 2.35. The van der Waals surface area contributed by atoms with E-state index in [2.05, 4.69) is 11.4 Å². The molecule has 0 bridgehead atoms. The first-order chi connectivity index (χ1) is 9.24. The second-order valence-corrected chi connectivity index (χ2v) is 4.98. The van der Waals surface area contributed by atoms with Crippen molar-refractivity contribution < 1.29 is 14.6 Å². The zero-order valence-corrected chi connectivity index (χ0v) is 11.1. The molecule has 1 heterocycles. The molecule has 1 atom stereocenters. The van der Waals surface area contributed by atoms with Crippen molar-refractivity contribution in [2.24, 2.45) is 0 Å². The number of hydrogen-bond donors (Lipinski definition) is 2. The van der Waals surface area contributed by atoms with Gasteiger partial charge in [-0.15, -0.1) is 0 Å². The topological polar surface area (TPSA) is 58.6 Å². The van der Waals surface area contributed by atoms with Gasteiger partial charge in [0.05, 0.1) is 0 Å². The number of carbonyl (C=O) groups is 1. The lowest BCUT2D eigenvalue weighted by Crippen LogP contribution is -2.19. The maximum Gasteiger partial charge on any atom is 0.303 e. The minimum absolute atomic E-state index is 0.181. The van der Waals surface area contributed by atoms with Gasteiger partial charge < -0.3 is 15.2 Å². The zero-order chi connectivity index (χ0) is 13.5. The normalized spacial score (nSPS) is 19.7. The molecule has 1 aromatic carbocycles. The average molecular weight is 263 g/mol. The van der Waals surface area contributed by atoms with E-state index in [1.54, 1.807) is 0 Å². The molecule has 4 heteroatoms. The number of aryl methyl sites for hydroxylation is 1. The standard InChI is InChI=1S/C15H21NO3/c17-15(18)7-6-12-3-1-4-14(11-12)16-13-5-2-9-19-10-8-13/h1,3-4,11,13,16H,2,5-10H2,(H,17,18). The molecule has 19 heavy (non-hydrogen) atoms. The van der Waals surface area contributed by atoms with E-state index in [0.29, 0.717) is 12.5 Å². The lowest BCUT2D eigenvalue weighted by Gasteiger charge is -2.17. The first-order valence-electron chi connectivity index (χ1n) is 6.89. The molecule has 0 amide bonds. The molecule has 1 aliphatic heterocycles. The summed E-state index contributed by atoms with van der Waals surface area (Å²) in [6, 6.07) is 8.50. The molecular formula is C15H21NO3. The smallest absolute Gasteiger partial charge is 0.303 e. The first kappa shape index (κ1) is 13.9. The first-order valence-corrected chi connectivity index (χ1v) is 6.89. The van der Waals surface area contributed by atoms with Crippen molar-refractivity contribution in [1.29, 1.82) is 0 Å². The van der Waals surface area contributed by atoms with Crippen LogP contribution in [-0.4, -0.2) is 30.3 Å². The molecule has 104 valence electrons. The van der Waals surface area contributed by atoms with Crippen LogP contribution in [0.2, 0.25) is 0 Å². The van der Waals surface area contributed by atoms with E-state index in [1.165, 1.54) is 0 Å². The van der Waals surface area contributed by atoms with E-state index in [9.17, 15) is 4.79 Å². The molecule has 2 rings (SSSR count). The molecule has 2 N–H and O–H groups in total. The van der Waals surface area contributed by atoms with Crippen molar-refractivity contribution in [2.75, 3.05) is 18.5 Å². The highest BCUT2D eigenvalue weighted by molar-refractivity contribution is 5.67. The molecule has 1 unspecified atom stereocenters. The van der Waals surface area contributed by atoms with Crippen LogP contribution < -0.4 is 5.32 Å². The molecule has 0 spiro atoms. The summed E-state index contributed by atoms with van der Waals surface area (Å²) in [6.45, 7) is 1.67. The Morgan fingerprint density at radius 1 is 1.37 bits per heavy atom. The summed E-state index contributed by atoms with van der Waals surface area (Å²) in [7, 11) is 0. The van der Waals surface area contributed by atoms with Gasteiger partial charge in [0, 0.05) is 31.4 Å². The molecule has 0 saturated carbocycles. The fraction of sp³-hybridized carbons (Fsp3) is 0.533. The number of rotatable bonds is 5. The predicted molar refractivity (Wildman–Crippen MR) is 74.5 cm³/mol. The SMILES string of the molecule is O=C(O)CCc1cccc(NC2CCCOCC2)c1. The highest BCUT2D eigenvalue weighted by Gasteiger charge is 2.12. The molecular weight excluding hydrogens is 242 g/mol. The maximum atomic E-state index is 10.6. The minimum Gasteiger partial charge on any atom is -0.481 e. The van der Waals surface area contributed by atoms with Gasteiger partial charge in [-0.2, -0.15) is 0 Å². The van der Waals surface area contributed by atoms with Crippen molar-refractivity contribution in [3.8, 4) is 0 Å². The van der Waals surface area contributed by atoms with Crippen molar-refractivity contribution in [2.45, 2.75) is 38.1 Å². The van der Waals surface area contributed by atoms with Crippen LogP contribution in [0, 0.1) is 0 Å². The summed E-state index contributed by atoms with van der Waals surface area (Å²) in [5.74, 6) is -0.751. The number of aliphatic carboxylic acids is 1. The Morgan fingerprint density at radius 2 is 2.26 bits per heavy atom. The van der Waals surface area contributed by atoms with E-state index in [4.69, 9.17) is 9.84 Å². The van der Waals surface area contributed by atoms with Gasteiger partial charge in [-0.25, -0.2) is 0 Å². The summed E-state index contributed by atoms with van der Waals surface area (Å²) in [5.41, 5.74) is 2.15. The van der Waals surface area contributed by atoms with Gasteiger partial charge >= 0.3 is 5.97 Å². The summed E-state index contributed by atoms with van der Waals surface area (Å²) < 4.78 is 5.45. The monoisotopic (exact) mass is 263 g/mol. The Labute approximate surface area is 113 Å². The number of nitrogens with one attached hydrogen (secondary N) is 1. The van der Waals surface area contributed by atoms with E-state index in [-0.39, 0.29) is 6.42 Å². The number of carboxylic acids is 1. The molecule has 0 radical (unpaired) electrons. The Morgan fingerprint density at radius 3 is 3.11 bits per heavy atom. The highest BCUT2D eigenvalue weighted by Crippen LogP contribution is 2.17. The maximum absolute atomic E-state index is 10.6. The van der Waals surface area contributed by atoms with Gasteiger partial charge in [0.2, 0.25) is 0 Å². The van der Waals surface area contributed by atoms with Gasteiger partial charge in [-0.05, 0) is 43.4 Å². The fourth-order valence-corrected chi connectivity index (χ4v) is 2.35. The number of benzene rings is 1. The van der Waals surface area contributed by atoms with Gasteiger partial charge in [-0.1, -0.05) is 12.1 Å². The van der Waals surface area contributed by atoms with E-state index >= 15 is 0 Å². The van der Waals surface area contributed by atoms with Crippen LogP contribution >= 0.6 is 0 Å². The van der Waals surface area contributed by atoms with Gasteiger partial charge in [0.15, 0.2) is 0 Å². The second-order valence-electron chi connectivity index (χ2n) is 4.98. The third-order valence-corrected chi connectivity index (χ3v) is 3.38. The van der Waals surface area contributed by atoms with E-state index in [1.807, 2.05) is 18.2 Å². The molecule has 1 saturated heterocycles. The Kier molecular flexibility index (Phi) is 5.21. The van der Waals surface area contributed by atoms with Crippen LogP contribution in [0.4, 0.5) is 5.69 Å². The van der Waals surface area contributed by atoms with Gasteiger partial charge in [0.1, 0.15) is 0 Å². The zero-order valence-electron chi connectivity index (χ0n) is 11.1. The number of anilines is 1. The van der Waals surface area contributed by atoms with Crippen LogP contribution in [0.3, 0.4) is 0 Å². The number of carboxylic acid groups (broad SMARTS) is 1. The Bertz CT molecular complexity index is 412. The lowest BCUT2D eigenvalue weighted by molar-refractivity contribution is -0.136. The highest BCUT2D eigenvalue weighted by atomic mass is 16.5. The summed E-state index contributed by atoms with van der Waals surface area (Å²) >= 11 is 0. The summed E-state index contributed by atoms with van der Waals surface area (Å²) in [6.07, 6.45) is 4.01. The quantitative estimate of drug-likeness (QED) is 0.857. The number of hydrogen-bond acceptors (Lipinski definition) is 3. The second kappa shape index (κ2) is 7.14. The van der Waals surface area contributed by atoms with Gasteiger partial charge in [0.25, 0.3) is 0 Å². The molecule has 1 aliphatic rings. The molecule has 0 aliphatic carbocycles. The third kappa shape index (κ3) is 4.91. The van der Waals surface area contributed by atoms with Crippen LogP contribution in [-0.2, 0) is 16.0 Å². The average Bonchev–Trinajstić information content (AvgIpc) is 2.65. The van der Waals surface area contributed by atoms with Crippen LogP contribution in [0.1, 0.15) is 31.2 Å². The van der Waals surface area contributed by atoms with Gasteiger partial charge in [-0.3, -0.25) is 4.79 Å². The Hall–Kier alpha value is -1.55. The van der Waals surface area contributed by atoms with Crippen LogP contribution in [0.15, 0.2) is 24.3 Å². The van der Waals surface area contributed by atoms with E-state index < -0.39 is 5.97 Å². The van der Waals surface area contributed by atoms with Crippen LogP contribution in [0.25, 0.3) is 0 Å². The Balaban J connectivity index is 1.91. The molecule has 4 nitrogen and oxygen atoms in total. The summed E-state index contributed by atoms with van der Waals surface area (Å²) in [5, 5.41) is 12.2. The van der Waals surface area contributed by atoms with Crippen molar-refractivity contribution in [3.05, 3.63) is 29.8 Å². The van der Waals surface area contributed by atoms with Crippen molar-refractivity contribution >= 4 is 11.7 Å². The van der Waals surface area contributed by atoms with Crippen molar-refractivity contribution in [1.82, 2.24) is 0 Å². The number of ether oxygens (including phenoxy) is 1. The molecule has 1 aromatic rings. The predicted octanol–water partition coefficient (Wildman–Crippen LogP) is 2.68. The summed E-state index contributed by atoms with van der Waals surface area (Å²) in [4.78, 5) is 10.6. The largest absolute Gasteiger partial charge is 0.481 e. The minimum atomic E-state index is -0.751. The van der Waals surface area contributed by atoms with Crippen molar-refractivity contribution in [3.63, 3.8) is 0 Å². The third-order valence-electron chi connectivity index (χ3n) is 3.38. The molecule has 0 aromatic heterocycles. The van der Waals surface area contributed by atoms with E-state index in [0.717, 1.165) is 43.7 Å². The lowest BCUT2D eigenvalue weighted by atomic mass is 10.1.